The maximum absolute atomic E-state index is 13.4. The van der Waals surface area contributed by atoms with E-state index in [1.54, 1.807) is 11.2 Å². The normalized spacial score (nSPS) is 16.3. The molecule has 0 fully saturated rings. The quantitative estimate of drug-likeness (QED) is 0.751. The third-order valence-electron chi connectivity index (χ3n) is 4.23. The van der Waals surface area contributed by atoms with Crippen LogP contribution in [-0.2, 0) is 4.79 Å². The molecular formula is C18H24ClFN4O. The molecule has 1 aromatic heterocycles. The zero-order valence-corrected chi connectivity index (χ0v) is 15.6. The number of hydrazone groups is 1. The number of halogens is 2. The molecule has 0 bridgehead atoms. The Hall–Kier alpha value is -1.79. The van der Waals surface area contributed by atoms with Gasteiger partial charge in [-0.2, -0.15) is 5.10 Å². The lowest BCUT2D eigenvalue weighted by Crippen LogP contribution is -2.37. The molecule has 136 valence electrons. The Morgan fingerprint density at radius 2 is 2.16 bits per heavy atom. The van der Waals surface area contributed by atoms with Gasteiger partial charge < -0.3 is 5.73 Å². The van der Waals surface area contributed by atoms with Crippen molar-refractivity contribution in [3.8, 4) is 0 Å². The van der Waals surface area contributed by atoms with Crippen LogP contribution < -0.4 is 10.7 Å². The molecule has 0 spiro atoms. The van der Waals surface area contributed by atoms with Crippen molar-refractivity contribution in [1.29, 1.82) is 0 Å². The SMILES string of the molecule is CC1=C(C(N)CCC(=O)C(C)C)C(CCl)=NN(c2cncc(F)c2)C1. The standard InChI is InChI=1S/C18H24ClFN4O/c1-11(2)17(25)5-4-15(21)18-12(3)10-24(23-16(18)7-19)14-6-13(20)8-22-9-14/h6,8-9,11,15H,4-5,7,10,21H2,1-3H3. The van der Waals surface area contributed by atoms with E-state index in [2.05, 4.69) is 10.1 Å². The Morgan fingerprint density at radius 3 is 2.76 bits per heavy atom. The number of aromatic nitrogens is 1. The molecule has 0 aliphatic carbocycles. The van der Waals surface area contributed by atoms with Gasteiger partial charge in [0.2, 0.25) is 0 Å². The minimum Gasteiger partial charge on any atom is -0.324 e. The molecular weight excluding hydrogens is 343 g/mol. The molecule has 2 heterocycles. The average molecular weight is 367 g/mol. The van der Waals surface area contributed by atoms with E-state index in [9.17, 15) is 9.18 Å². The van der Waals surface area contributed by atoms with Crippen LogP contribution >= 0.6 is 11.6 Å². The number of alkyl halides is 1. The fourth-order valence-electron chi connectivity index (χ4n) is 2.84. The minimum atomic E-state index is -0.420. The highest BCUT2D eigenvalue weighted by atomic mass is 35.5. The summed E-state index contributed by atoms with van der Waals surface area (Å²) in [5, 5.41) is 6.18. The van der Waals surface area contributed by atoms with Crippen LogP contribution in [0, 0.1) is 11.7 Å². The molecule has 0 saturated carbocycles. The molecule has 1 aromatic rings. The van der Waals surface area contributed by atoms with Crippen LogP contribution in [-0.4, -0.2) is 34.9 Å². The Labute approximate surface area is 152 Å². The lowest BCUT2D eigenvalue weighted by molar-refractivity contribution is -0.122. The van der Waals surface area contributed by atoms with Gasteiger partial charge in [0.05, 0.1) is 36.2 Å². The first-order chi connectivity index (χ1) is 11.8. The number of Topliss-reactive ketones (excluding diaryl/α,β-unsaturated/α-hetero) is 1. The maximum Gasteiger partial charge on any atom is 0.143 e. The summed E-state index contributed by atoms with van der Waals surface area (Å²) in [5.74, 6) is -0.0267. The topological polar surface area (TPSA) is 71.6 Å². The zero-order valence-electron chi connectivity index (χ0n) is 14.8. The van der Waals surface area contributed by atoms with Gasteiger partial charge in [0.1, 0.15) is 11.6 Å². The fraction of sp³-hybridized carbons (Fsp3) is 0.500. The highest BCUT2D eigenvalue weighted by Crippen LogP contribution is 2.25. The summed E-state index contributed by atoms with van der Waals surface area (Å²) in [6.07, 6.45) is 3.69. The van der Waals surface area contributed by atoms with Crippen LogP contribution in [0.15, 0.2) is 34.7 Å². The van der Waals surface area contributed by atoms with Gasteiger partial charge >= 0.3 is 0 Å². The maximum atomic E-state index is 13.4. The number of carbonyl (C=O) groups is 1. The molecule has 2 N–H and O–H groups in total. The zero-order chi connectivity index (χ0) is 18.6. The highest BCUT2D eigenvalue weighted by Gasteiger charge is 2.25. The van der Waals surface area contributed by atoms with Crippen molar-refractivity contribution in [1.82, 2.24) is 4.98 Å². The van der Waals surface area contributed by atoms with E-state index < -0.39 is 5.82 Å². The number of carbonyl (C=O) groups excluding carboxylic acids is 1. The molecule has 0 radical (unpaired) electrons. The molecule has 1 unspecified atom stereocenters. The molecule has 25 heavy (non-hydrogen) atoms. The summed E-state index contributed by atoms with van der Waals surface area (Å²) < 4.78 is 13.4. The summed E-state index contributed by atoms with van der Waals surface area (Å²) in [6, 6.07) is 1.08. The first-order valence-electron chi connectivity index (χ1n) is 8.33. The van der Waals surface area contributed by atoms with Gasteiger partial charge in [0.25, 0.3) is 0 Å². The largest absolute Gasteiger partial charge is 0.324 e. The van der Waals surface area contributed by atoms with Gasteiger partial charge in [-0.15, -0.1) is 11.6 Å². The van der Waals surface area contributed by atoms with E-state index in [0.717, 1.165) is 17.3 Å². The summed E-state index contributed by atoms with van der Waals surface area (Å²) in [6.45, 7) is 6.21. The second kappa shape index (κ2) is 8.54. The minimum absolute atomic E-state index is 0.00534. The molecule has 5 nitrogen and oxygen atoms in total. The van der Waals surface area contributed by atoms with Crippen molar-refractivity contribution < 1.29 is 9.18 Å². The number of rotatable bonds is 7. The van der Waals surface area contributed by atoms with Crippen LogP contribution in [0.1, 0.15) is 33.6 Å². The van der Waals surface area contributed by atoms with Gasteiger partial charge in [0.15, 0.2) is 0 Å². The summed E-state index contributed by atoms with van der Waals surface area (Å²) in [7, 11) is 0. The predicted octanol–water partition coefficient (Wildman–Crippen LogP) is 3.28. The molecule has 7 heteroatoms. The summed E-state index contributed by atoms with van der Waals surface area (Å²) >= 11 is 6.08. The number of hydrogen-bond acceptors (Lipinski definition) is 5. The Kier molecular flexibility index (Phi) is 6.67. The van der Waals surface area contributed by atoms with Gasteiger partial charge in [-0.1, -0.05) is 13.8 Å². The number of nitrogens with zero attached hydrogens (tertiary/aromatic N) is 3. The van der Waals surface area contributed by atoms with Crippen molar-refractivity contribution in [3.05, 3.63) is 35.4 Å². The number of anilines is 1. The van der Waals surface area contributed by atoms with Crippen LogP contribution in [0.5, 0.6) is 0 Å². The number of nitrogens with two attached hydrogens (primary N) is 1. The van der Waals surface area contributed by atoms with Crippen LogP contribution in [0.25, 0.3) is 0 Å². The Bertz CT molecular complexity index is 702. The molecule has 0 saturated heterocycles. The van der Waals surface area contributed by atoms with Crippen molar-refractivity contribution in [3.63, 3.8) is 0 Å². The molecule has 1 aliphatic rings. The number of ketones is 1. The fourth-order valence-corrected chi connectivity index (χ4v) is 3.04. The lowest BCUT2D eigenvalue weighted by atomic mass is 9.91. The second-order valence-corrected chi connectivity index (χ2v) is 6.83. The van der Waals surface area contributed by atoms with Crippen LogP contribution in [0.2, 0.25) is 0 Å². The van der Waals surface area contributed by atoms with Gasteiger partial charge in [0, 0.05) is 24.4 Å². The smallest absolute Gasteiger partial charge is 0.143 e. The molecule has 2 rings (SSSR count). The monoisotopic (exact) mass is 366 g/mol. The Morgan fingerprint density at radius 1 is 1.44 bits per heavy atom. The summed E-state index contributed by atoms with van der Waals surface area (Å²) in [4.78, 5) is 15.7. The van der Waals surface area contributed by atoms with E-state index in [4.69, 9.17) is 17.3 Å². The van der Waals surface area contributed by atoms with Crippen LogP contribution in [0.4, 0.5) is 10.1 Å². The Balaban J connectivity index is 2.18. The van der Waals surface area contributed by atoms with Gasteiger partial charge in [-0.3, -0.25) is 14.8 Å². The molecule has 1 aliphatic heterocycles. The van der Waals surface area contributed by atoms with E-state index in [0.29, 0.717) is 30.8 Å². The number of hydrogen-bond donors (Lipinski definition) is 1. The number of pyridine rings is 1. The van der Waals surface area contributed by atoms with Crippen molar-refractivity contribution >= 4 is 28.8 Å². The molecule has 1 atom stereocenters. The van der Waals surface area contributed by atoms with E-state index in [-0.39, 0.29) is 23.6 Å². The average Bonchev–Trinajstić information content (AvgIpc) is 2.58. The predicted molar refractivity (Wildman–Crippen MR) is 99.5 cm³/mol. The van der Waals surface area contributed by atoms with E-state index >= 15 is 0 Å². The summed E-state index contributed by atoms with van der Waals surface area (Å²) in [5.41, 5.74) is 9.44. The van der Waals surface area contributed by atoms with E-state index in [1.807, 2.05) is 20.8 Å². The molecule has 0 aromatic carbocycles. The second-order valence-electron chi connectivity index (χ2n) is 6.56. The van der Waals surface area contributed by atoms with E-state index in [1.165, 1.54) is 6.07 Å². The van der Waals surface area contributed by atoms with Crippen molar-refractivity contribution in [2.75, 3.05) is 17.4 Å². The lowest BCUT2D eigenvalue weighted by Gasteiger charge is -2.30. The van der Waals surface area contributed by atoms with Crippen molar-refractivity contribution in [2.45, 2.75) is 39.7 Å². The van der Waals surface area contributed by atoms with Crippen molar-refractivity contribution in [2.24, 2.45) is 16.8 Å². The van der Waals surface area contributed by atoms with Crippen LogP contribution in [0.3, 0.4) is 0 Å². The third-order valence-corrected chi connectivity index (χ3v) is 4.48. The van der Waals surface area contributed by atoms with Gasteiger partial charge in [-0.25, -0.2) is 4.39 Å². The first kappa shape index (κ1) is 19.5. The third kappa shape index (κ3) is 4.86. The van der Waals surface area contributed by atoms with Gasteiger partial charge in [-0.05, 0) is 24.5 Å². The first-order valence-corrected chi connectivity index (χ1v) is 8.86. The molecule has 0 amide bonds. The highest BCUT2D eigenvalue weighted by molar-refractivity contribution is 6.32.